The Kier molecular flexibility index (Phi) is 4.95. The van der Waals surface area contributed by atoms with Crippen molar-refractivity contribution in [2.24, 2.45) is 5.41 Å². The maximum atomic E-state index is 10.9. The lowest BCUT2D eigenvalue weighted by Gasteiger charge is -2.32. The van der Waals surface area contributed by atoms with Crippen LogP contribution in [-0.2, 0) is 23.8 Å². The van der Waals surface area contributed by atoms with Crippen molar-refractivity contribution in [3.8, 4) is 0 Å². The van der Waals surface area contributed by atoms with Gasteiger partial charge in [0.15, 0.2) is 0 Å². The van der Waals surface area contributed by atoms with E-state index in [1.807, 2.05) is 18.2 Å². The monoisotopic (exact) mass is 254 g/mol. The Morgan fingerprint density at radius 3 is 2.22 bits per heavy atom. The standard InChI is InChI=1S/C13H18O5/c1-10(14)17-8-13(9-18-11(2)15)7-5-4-6-12(13)16-3/h5-7H,4,8-9H2,1-3H3. The molecule has 0 fully saturated rings. The van der Waals surface area contributed by atoms with Gasteiger partial charge in [-0.1, -0.05) is 12.2 Å². The fourth-order valence-electron chi connectivity index (χ4n) is 1.78. The maximum absolute atomic E-state index is 10.9. The largest absolute Gasteiger partial charge is 0.500 e. The molecule has 18 heavy (non-hydrogen) atoms. The molecule has 0 radical (unpaired) electrons. The summed E-state index contributed by atoms with van der Waals surface area (Å²) in [6, 6.07) is 0. The highest BCUT2D eigenvalue weighted by atomic mass is 16.6. The minimum absolute atomic E-state index is 0.0891. The van der Waals surface area contributed by atoms with E-state index in [4.69, 9.17) is 14.2 Å². The van der Waals surface area contributed by atoms with Gasteiger partial charge < -0.3 is 14.2 Å². The first-order valence-electron chi connectivity index (χ1n) is 5.69. The molecule has 0 aromatic rings. The average Bonchev–Trinajstić information content (AvgIpc) is 2.34. The van der Waals surface area contributed by atoms with Crippen LogP contribution in [0.2, 0.25) is 0 Å². The Bertz CT molecular complexity index is 363. The van der Waals surface area contributed by atoms with Gasteiger partial charge in [0.25, 0.3) is 0 Å². The molecule has 0 saturated heterocycles. The van der Waals surface area contributed by atoms with Crippen LogP contribution >= 0.6 is 0 Å². The molecule has 0 heterocycles. The lowest BCUT2D eigenvalue weighted by molar-refractivity contribution is -0.149. The second-order valence-corrected chi connectivity index (χ2v) is 4.13. The minimum atomic E-state index is -0.718. The van der Waals surface area contributed by atoms with Gasteiger partial charge in [0, 0.05) is 13.8 Å². The minimum Gasteiger partial charge on any atom is -0.500 e. The first-order chi connectivity index (χ1) is 8.50. The lowest BCUT2D eigenvalue weighted by atomic mass is 9.83. The van der Waals surface area contributed by atoms with Gasteiger partial charge >= 0.3 is 11.9 Å². The number of allylic oxidation sites excluding steroid dienone is 2. The van der Waals surface area contributed by atoms with Crippen molar-refractivity contribution in [2.45, 2.75) is 20.3 Å². The number of ether oxygens (including phenoxy) is 3. The van der Waals surface area contributed by atoms with Gasteiger partial charge in [0.05, 0.1) is 7.11 Å². The summed E-state index contributed by atoms with van der Waals surface area (Å²) in [5.74, 6) is -0.120. The SMILES string of the molecule is COC1=CCC=CC1(COC(C)=O)COC(C)=O. The summed E-state index contributed by atoms with van der Waals surface area (Å²) in [5.41, 5.74) is -0.718. The van der Waals surface area contributed by atoms with E-state index in [1.54, 1.807) is 7.11 Å². The van der Waals surface area contributed by atoms with Crippen LogP contribution in [0.3, 0.4) is 0 Å². The van der Waals surface area contributed by atoms with E-state index in [0.717, 1.165) is 6.42 Å². The van der Waals surface area contributed by atoms with Crippen molar-refractivity contribution in [3.05, 3.63) is 24.0 Å². The summed E-state index contributed by atoms with van der Waals surface area (Å²) < 4.78 is 15.4. The molecular formula is C13H18O5. The molecule has 0 unspecified atom stereocenters. The molecule has 0 aromatic heterocycles. The van der Waals surface area contributed by atoms with Gasteiger partial charge in [-0.3, -0.25) is 9.59 Å². The summed E-state index contributed by atoms with van der Waals surface area (Å²) in [7, 11) is 1.54. The van der Waals surface area contributed by atoms with Crippen LogP contribution in [0, 0.1) is 5.41 Å². The molecule has 100 valence electrons. The Labute approximate surface area is 106 Å². The second-order valence-electron chi connectivity index (χ2n) is 4.13. The zero-order valence-electron chi connectivity index (χ0n) is 10.9. The molecule has 5 heteroatoms. The van der Waals surface area contributed by atoms with E-state index in [-0.39, 0.29) is 25.2 Å². The molecule has 0 amide bonds. The van der Waals surface area contributed by atoms with Gasteiger partial charge in [-0.25, -0.2) is 0 Å². The van der Waals surface area contributed by atoms with Gasteiger partial charge in [0.1, 0.15) is 24.4 Å². The summed E-state index contributed by atoms with van der Waals surface area (Å²) in [6.07, 6.45) is 6.41. The lowest BCUT2D eigenvalue weighted by Crippen LogP contribution is -2.36. The molecule has 0 atom stereocenters. The van der Waals surface area contributed by atoms with Crippen LogP contribution in [0.15, 0.2) is 24.0 Å². The number of carbonyl (C=O) groups excluding carboxylic acids is 2. The number of esters is 2. The molecule has 0 saturated carbocycles. The predicted octanol–water partition coefficient (Wildman–Crippen LogP) is 1.59. The third kappa shape index (κ3) is 3.61. The van der Waals surface area contributed by atoms with Crippen molar-refractivity contribution in [1.82, 2.24) is 0 Å². The highest BCUT2D eigenvalue weighted by molar-refractivity contribution is 5.66. The summed E-state index contributed by atoms with van der Waals surface area (Å²) in [4.78, 5) is 21.9. The summed E-state index contributed by atoms with van der Waals surface area (Å²) in [6.45, 7) is 2.85. The van der Waals surface area contributed by atoms with Gasteiger partial charge in [0.2, 0.25) is 0 Å². The van der Waals surface area contributed by atoms with Crippen molar-refractivity contribution in [2.75, 3.05) is 20.3 Å². The van der Waals surface area contributed by atoms with Crippen LogP contribution in [0.5, 0.6) is 0 Å². The molecule has 5 nitrogen and oxygen atoms in total. The van der Waals surface area contributed by atoms with E-state index in [9.17, 15) is 9.59 Å². The predicted molar refractivity (Wildman–Crippen MR) is 64.5 cm³/mol. The van der Waals surface area contributed by atoms with Crippen molar-refractivity contribution >= 4 is 11.9 Å². The van der Waals surface area contributed by atoms with Crippen LogP contribution in [0.4, 0.5) is 0 Å². The zero-order chi connectivity index (χ0) is 13.6. The number of rotatable bonds is 5. The van der Waals surface area contributed by atoms with Crippen LogP contribution < -0.4 is 0 Å². The smallest absolute Gasteiger partial charge is 0.302 e. The molecule has 0 aromatic carbocycles. The molecule has 1 aliphatic rings. The molecule has 0 spiro atoms. The summed E-state index contributed by atoms with van der Waals surface area (Å²) >= 11 is 0. The molecule has 0 bridgehead atoms. The van der Waals surface area contributed by atoms with Gasteiger partial charge in [-0.15, -0.1) is 0 Å². The Morgan fingerprint density at radius 2 is 1.78 bits per heavy atom. The Balaban J connectivity index is 2.87. The average molecular weight is 254 g/mol. The van der Waals surface area contributed by atoms with E-state index in [1.165, 1.54) is 13.8 Å². The maximum Gasteiger partial charge on any atom is 0.302 e. The first kappa shape index (κ1) is 14.3. The molecule has 0 aliphatic heterocycles. The van der Waals surface area contributed by atoms with Crippen LogP contribution in [-0.4, -0.2) is 32.3 Å². The zero-order valence-corrected chi connectivity index (χ0v) is 10.9. The van der Waals surface area contributed by atoms with Crippen molar-refractivity contribution in [3.63, 3.8) is 0 Å². The number of hydrogen-bond donors (Lipinski definition) is 0. The van der Waals surface area contributed by atoms with E-state index >= 15 is 0 Å². The quantitative estimate of drug-likeness (QED) is 0.550. The first-order valence-corrected chi connectivity index (χ1v) is 5.69. The second kappa shape index (κ2) is 6.23. The summed E-state index contributed by atoms with van der Waals surface area (Å²) in [5, 5.41) is 0. The normalized spacial score (nSPS) is 16.7. The van der Waals surface area contributed by atoms with Crippen molar-refractivity contribution in [1.29, 1.82) is 0 Å². The topological polar surface area (TPSA) is 61.8 Å². The fourth-order valence-corrected chi connectivity index (χ4v) is 1.78. The highest BCUT2D eigenvalue weighted by Gasteiger charge is 2.37. The molecule has 0 N–H and O–H groups in total. The Hall–Kier alpha value is -1.78. The highest BCUT2D eigenvalue weighted by Crippen LogP contribution is 2.34. The third-order valence-corrected chi connectivity index (χ3v) is 2.65. The molecule has 1 rings (SSSR count). The van der Waals surface area contributed by atoms with Gasteiger partial charge in [-0.2, -0.15) is 0 Å². The van der Waals surface area contributed by atoms with E-state index in [2.05, 4.69) is 0 Å². The van der Waals surface area contributed by atoms with Crippen LogP contribution in [0.1, 0.15) is 20.3 Å². The van der Waals surface area contributed by atoms with Gasteiger partial charge in [-0.05, 0) is 12.5 Å². The van der Waals surface area contributed by atoms with E-state index in [0.29, 0.717) is 5.76 Å². The number of methoxy groups -OCH3 is 1. The number of hydrogen-bond acceptors (Lipinski definition) is 5. The third-order valence-electron chi connectivity index (χ3n) is 2.65. The van der Waals surface area contributed by atoms with Crippen molar-refractivity contribution < 1.29 is 23.8 Å². The van der Waals surface area contributed by atoms with E-state index < -0.39 is 5.41 Å². The molecule has 1 aliphatic carbocycles. The number of carbonyl (C=O) groups is 2. The molecular weight excluding hydrogens is 236 g/mol. The fraction of sp³-hybridized carbons (Fsp3) is 0.538. The van der Waals surface area contributed by atoms with Crippen LogP contribution in [0.25, 0.3) is 0 Å². The Morgan fingerprint density at radius 1 is 1.22 bits per heavy atom.